The van der Waals surface area contributed by atoms with Gasteiger partial charge in [0.1, 0.15) is 0 Å². The molecule has 6 nitrogen and oxygen atoms in total. The summed E-state index contributed by atoms with van der Waals surface area (Å²) in [7, 11) is 0. The highest BCUT2D eigenvalue weighted by atomic mass is 35.5. The second-order valence-electron chi connectivity index (χ2n) is 4.91. The molecule has 1 fully saturated rings. The predicted molar refractivity (Wildman–Crippen MR) is 78.9 cm³/mol. The highest BCUT2D eigenvalue weighted by Crippen LogP contribution is 2.28. The molecule has 1 aromatic rings. The lowest BCUT2D eigenvalue weighted by atomic mass is 10.1. The van der Waals surface area contributed by atoms with E-state index in [9.17, 15) is 9.59 Å². The van der Waals surface area contributed by atoms with Crippen molar-refractivity contribution in [3.63, 3.8) is 0 Å². The number of ether oxygens (including phenoxy) is 1. The fourth-order valence-electron chi connectivity index (χ4n) is 2.34. The number of morpholine rings is 1. The minimum atomic E-state index is -0.845. The zero-order valence-electron chi connectivity index (χ0n) is 11.7. The SMILES string of the molecule is C[C@@H](C(=O)NC(N)=O)N1CCO[C@H](c2ccccc2Cl)C1. The summed E-state index contributed by atoms with van der Waals surface area (Å²) in [5.74, 6) is -0.415. The zero-order valence-corrected chi connectivity index (χ0v) is 12.5. The van der Waals surface area contributed by atoms with Gasteiger partial charge in [0.2, 0.25) is 5.91 Å². The molecule has 114 valence electrons. The van der Waals surface area contributed by atoms with Gasteiger partial charge in [-0.3, -0.25) is 15.0 Å². The van der Waals surface area contributed by atoms with Gasteiger partial charge in [-0.05, 0) is 13.0 Å². The number of carbonyl (C=O) groups is 2. The molecule has 3 amide bonds. The molecule has 1 aromatic carbocycles. The number of nitrogens with zero attached hydrogens (tertiary/aromatic N) is 1. The molecule has 0 spiro atoms. The van der Waals surface area contributed by atoms with Crippen LogP contribution in [0, 0.1) is 0 Å². The number of carbonyl (C=O) groups excluding carboxylic acids is 2. The largest absolute Gasteiger partial charge is 0.371 e. The minimum absolute atomic E-state index is 0.198. The van der Waals surface area contributed by atoms with Gasteiger partial charge in [-0.15, -0.1) is 0 Å². The van der Waals surface area contributed by atoms with Crippen LogP contribution in [0.1, 0.15) is 18.6 Å². The van der Waals surface area contributed by atoms with Crippen molar-refractivity contribution >= 4 is 23.5 Å². The number of nitrogens with two attached hydrogens (primary N) is 1. The Hall–Kier alpha value is -1.63. The molecule has 0 unspecified atom stereocenters. The maximum Gasteiger partial charge on any atom is 0.318 e. The van der Waals surface area contributed by atoms with E-state index in [1.165, 1.54) is 0 Å². The Morgan fingerprint density at radius 2 is 2.19 bits per heavy atom. The number of imide groups is 1. The van der Waals surface area contributed by atoms with Crippen molar-refractivity contribution in [3.8, 4) is 0 Å². The fourth-order valence-corrected chi connectivity index (χ4v) is 2.59. The topological polar surface area (TPSA) is 84.7 Å². The summed E-state index contributed by atoms with van der Waals surface area (Å²) in [5.41, 5.74) is 5.86. The Morgan fingerprint density at radius 1 is 1.48 bits per heavy atom. The van der Waals surface area contributed by atoms with Crippen molar-refractivity contribution in [2.24, 2.45) is 5.73 Å². The summed E-state index contributed by atoms with van der Waals surface area (Å²) in [6, 6.07) is 6.16. The number of primary amides is 1. The Labute approximate surface area is 128 Å². The van der Waals surface area contributed by atoms with E-state index in [1.54, 1.807) is 6.92 Å². The van der Waals surface area contributed by atoms with Gasteiger partial charge in [0.05, 0.1) is 18.8 Å². The molecular formula is C14H18ClN3O3. The summed E-state index contributed by atoms with van der Waals surface area (Å²) in [6.07, 6.45) is -0.198. The lowest BCUT2D eigenvalue weighted by molar-refractivity contribution is -0.128. The standard InChI is InChI=1S/C14H18ClN3O3/c1-9(13(19)17-14(16)20)18-6-7-21-12(8-18)10-4-2-3-5-11(10)15/h2-5,9,12H,6-8H2,1H3,(H3,16,17,19,20)/t9-,12-/m0/s1. The molecule has 0 bridgehead atoms. The third-order valence-electron chi connectivity index (χ3n) is 3.52. The van der Waals surface area contributed by atoms with Crippen molar-refractivity contribution in [2.45, 2.75) is 19.1 Å². The Kier molecular flexibility index (Phi) is 5.17. The second-order valence-corrected chi connectivity index (χ2v) is 5.31. The quantitative estimate of drug-likeness (QED) is 0.881. The number of benzene rings is 1. The number of rotatable bonds is 3. The normalized spacial score (nSPS) is 20.8. The van der Waals surface area contributed by atoms with Gasteiger partial charge in [-0.25, -0.2) is 4.79 Å². The molecular weight excluding hydrogens is 294 g/mol. The average Bonchev–Trinajstić information content (AvgIpc) is 2.46. The van der Waals surface area contributed by atoms with E-state index in [1.807, 2.05) is 29.2 Å². The number of halogens is 1. The predicted octanol–water partition coefficient (Wildman–Crippen LogP) is 1.30. The van der Waals surface area contributed by atoms with Gasteiger partial charge in [0.25, 0.3) is 0 Å². The molecule has 7 heteroatoms. The lowest BCUT2D eigenvalue weighted by Gasteiger charge is -2.36. The van der Waals surface area contributed by atoms with Crippen molar-refractivity contribution in [2.75, 3.05) is 19.7 Å². The van der Waals surface area contributed by atoms with E-state index in [-0.39, 0.29) is 6.10 Å². The highest BCUT2D eigenvalue weighted by molar-refractivity contribution is 6.31. The van der Waals surface area contributed by atoms with Gasteiger partial charge in [0, 0.05) is 23.7 Å². The van der Waals surface area contributed by atoms with Crippen molar-refractivity contribution in [1.29, 1.82) is 0 Å². The zero-order chi connectivity index (χ0) is 15.4. The highest BCUT2D eigenvalue weighted by Gasteiger charge is 2.29. The summed E-state index contributed by atoms with van der Waals surface area (Å²) in [6.45, 7) is 3.35. The lowest BCUT2D eigenvalue weighted by Crippen LogP contribution is -2.52. The molecule has 1 saturated heterocycles. The van der Waals surface area contributed by atoms with Crippen molar-refractivity contribution < 1.29 is 14.3 Å². The molecule has 0 radical (unpaired) electrons. The van der Waals surface area contributed by atoms with Gasteiger partial charge in [0.15, 0.2) is 0 Å². The second kappa shape index (κ2) is 6.89. The maximum absolute atomic E-state index is 11.8. The van der Waals surface area contributed by atoms with Crippen molar-refractivity contribution in [1.82, 2.24) is 10.2 Å². The van der Waals surface area contributed by atoms with Crippen LogP contribution in [0.15, 0.2) is 24.3 Å². The van der Waals surface area contributed by atoms with E-state index in [2.05, 4.69) is 5.32 Å². The summed E-state index contributed by atoms with van der Waals surface area (Å²) in [4.78, 5) is 24.5. The molecule has 21 heavy (non-hydrogen) atoms. The maximum atomic E-state index is 11.8. The third-order valence-corrected chi connectivity index (χ3v) is 3.87. The van der Waals surface area contributed by atoms with E-state index in [0.29, 0.717) is 24.7 Å². The first kappa shape index (κ1) is 15.8. The minimum Gasteiger partial charge on any atom is -0.371 e. The number of nitrogens with one attached hydrogen (secondary N) is 1. The monoisotopic (exact) mass is 311 g/mol. The Morgan fingerprint density at radius 3 is 2.86 bits per heavy atom. The van der Waals surface area contributed by atoms with Crippen LogP contribution < -0.4 is 11.1 Å². The Bertz CT molecular complexity index is 538. The molecule has 0 aliphatic carbocycles. The Balaban J connectivity index is 2.05. The smallest absolute Gasteiger partial charge is 0.318 e. The van der Waals surface area contributed by atoms with Gasteiger partial charge in [-0.1, -0.05) is 29.8 Å². The van der Waals surface area contributed by atoms with Crippen LogP contribution >= 0.6 is 11.6 Å². The van der Waals surface area contributed by atoms with Crippen LogP contribution in [0.3, 0.4) is 0 Å². The summed E-state index contributed by atoms with van der Waals surface area (Å²) in [5, 5.41) is 2.73. The van der Waals surface area contributed by atoms with Crippen LogP contribution in [0.25, 0.3) is 0 Å². The van der Waals surface area contributed by atoms with Crippen LogP contribution in [0.2, 0.25) is 5.02 Å². The molecule has 3 N–H and O–H groups in total. The van der Waals surface area contributed by atoms with E-state index < -0.39 is 18.0 Å². The van der Waals surface area contributed by atoms with E-state index in [0.717, 1.165) is 5.56 Å². The molecule has 1 aliphatic rings. The molecule has 2 rings (SSSR count). The number of hydrogen-bond donors (Lipinski definition) is 2. The molecule has 2 atom stereocenters. The van der Waals surface area contributed by atoms with Crippen molar-refractivity contribution in [3.05, 3.63) is 34.9 Å². The van der Waals surface area contributed by atoms with E-state index >= 15 is 0 Å². The van der Waals surface area contributed by atoms with Gasteiger partial charge >= 0.3 is 6.03 Å². The summed E-state index contributed by atoms with van der Waals surface area (Å²) < 4.78 is 5.74. The summed E-state index contributed by atoms with van der Waals surface area (Å²) >= 11 is 6.18. The van der Waals surface area contributed by atoms with Crippen LogP contribution in [-0.4, -0.2) is 42.6 Å². The third kappa shape index (κ3) is 3.93. The van der Waals surface area contributed by atoms with Gasteiger partial charge < -0.3 is 10.5 Å². The van der Waals surface area contributed by atoms with Crippen LogP contribution in [0.4, 0.5) is 4.79 Å². The fraction of sp³-hybridized carbons (Fsp3) is 0.429. The molecule has 1 heterocycles. The van der Waals surface area contributed by atoms with Gasteiger partial charge in [-0.2, -0.15) is 0 Å². The molecule has 0 saturated carbocycles. The van der Waals surface area contributed by atoms with Crippen LogP contribution in [-0.2, 0) is 9.53 Å². The first-order valence-corrected chi connectivity index (χ1v) is 7.07. The first-order chi connectivity index (χ1) is 9.99. The average molecular weight is 312 g/mol. The molecule has 1 aliphatic heterocycles. The number of hydrogen-bond acceptors (Lipinski definition) is 4. The first-order valence-electron chi connectivity index (χ1n) is 6.69. The molecule has 0 aromatic heterocycles. The number of amides is 3. The number of urea groups is 1. The van der Waals surface area contributed by atoms with Crippen LogP contribution in [0.5, 0.6) is 0 Å². The van der Waals surface area contributed by atoms with E-state index in [4.69, 9.17) is 22.1 Å².